The Balaban J connectivity index is 1.64. The minimum atomic E-state index is -0.599. The summed E-state index contributed by atoms with van der Waals surface area (Å²) in [6.07, 6.45) is 0.159. The summed E-state index contributed by atoms with van der Waals surface area (Å²) in [4.78, 5) is 41.0. The van der Waals surface area contributed by atoms with Gasteiger partial charge in [-0.3, -0.25) is 19.1 Å². The molecule has 3 N–H and O–H groups in total. The number of ether oxygens (including phenoxy) is 1. The number of aromatic nitrogens is 5. The number of aromatic amines is 2. The van der Waals surface area contributed by atoms with Crippen molar-refractivity contribution < 1.29 is 9.53 Å². The van der Waals surface area contributed by atoms with E-state index in [4.69, 9.17) is 16.3 Å². The van der Waals surface area contributed by atoms with Gasteiger partial charge in [-0.2, -0.15) is 0 Å². The average molecular weight is 527 g/mol. The van der Waals surface area contributed by atoms with Crippen LogP contribution in [0.15, 0.2) is 57.2 Å². The van der Waals surface area contributed by atoms with E-state index in [-0.39, 0.29) is 18.1 Å². The van der Waals surface area contributed by atoms with Gasteiger partial charge < -0.3 is 15.0 Å². The first-order valence-corrected chi connectivity index (χ1v) is 12.2. The number of aryl methyl sites for hydroxylation is 2. The maximum Gasteiger partial charge on any atom is 0.325 e. The largest absolute Gasteiger partial charge is 0.495 e. The number of carbonyl (C=O) groups is 1. The molecule has 2 aromatic carbocycles. The predicted molar refractivity (Wildman–Crippen MR) is 139 cm³/mol. The molecule has 0 aliphatic rings. The van der Waals surface area contributed by atoms with Crippen molar-refractivity contribution in [2.45, 2.75) is 25.4 Å². The first-order valence-electron chi connectivity index (χ1n) is 10.8. The predicted octanol–water partition coefficient (Wildman–Crippen LogP) is 3.24. The number of hydrogen-bond acceptors (Lipinski definition) is 7. The third-order valence-electron chi connectivity index (χ3n) is 5.24. The van der Waals surface area contributed by atoms with Gasteiger partial charge in [-0.25, -0.2) is 4.79 Å². The van der Waals surface area contributed by atoms with Crippen LogP contribution in [0.2, 0.25) is 5.02 Å². The summed E-state index contributed by atoms with van der Waals surface area (Å²) in [5.41, 5.74) is 2.59. The maximum absolute atomic E-state index is 12.7. The Kier molecular flexibility index (Phi) is 7.61. The van der Waals surface area contributed by atoms with Crippen molar-refractivity contribution in [2.75, 3.05) is 18.2 Å². The second-order valence-corrected chi connectivity index (χ2v) is 9.37. The van der Waals surface area contributed by atoms with E-state index in [1.807, 2.05) is 36.6 Å². The molecular formula is C24H23ClN6O4S. The summed E-state index contributed by atoms with van der Waals surface area (Å²) in [5, 5.41) is 12.4. The first-order chi connectivity index (χ1) is 17.2. The van der Waals surface area contributed by atoms with Gasteiger partial charge in [0.05, 0.1) is 24.2 Å². The molecule has 0 unspecified atom stereocenters. The lowest BCUT2D eigenvalue weighted by atomic mass is 10.1. The first kappa shape index (κ1) is 25.3. The van der Waals surface area contributed by atoms with E-state index in [2.05, 4.69) is 25.5 Å². The van der Waals surface area contributed by atoms with Crippen molar-refractivity contribution in [1.29, 1.82) is 0 Å². The summed E-state index contributed by atoms with van der Waals surface area (Å²) in [7, 11) is 1.51. The lowest BCUT2D eigenvalue weighted by Gasteiger charge is -2.14. The number of carbonyl (C=O) groups excluding carboxylic acids is 1. The van der Waals surface area contributed by atoms with Crippen LogP contribution in [-0.2, 0) is 11.2 Å². The molecule has 0 atom stereocenters. The summed E-state index contributed by atoms with van der Waals surface area (Å²) in [5.74, 6) is 0.756. The van der Waals surface area contributed by atoms with Crippen molar-refractivity contribution in [2.24, 2.45) is 0 Å². The topological polar surface area (TPSA) is 135 Å². The van der Waals surface area contributed by atoms with Crippen molar-refractivity contribution >= 4 is 35.0 Å². The smallest absolute Gasteiger partial charge is 0.325 e. The van der Waals surface area contributed by atoms with Gasteiger partial charge >= 0.3 is 5.69 Å². The Bertz CT molecular complexity index is 1520. The number of methoxy groups -OCH3 is 1. The Labute approximate surface area is 215 Å². The van der Waals surface area contributed by atoms with E-state index >= 15 is 0 Å². The Morgan fingerprint density at radius 1 is 1.11 bits per heavy atom. The molecule has 4 aromatic rings. The number of nitrogens with one attached hydrogen (secondary N) is 3. The third kappa shape index (κ3) is 5.86. The molecule has 0 saturated heterocycles. The number of halogens is 1. The molecule has 0 bridgehead atoms. The summed E-state index contributed by atoms with van der Waals surface area (Å²) in [6, 6.07) is 12.2. The van der Waals surface area contributed by atoms with Crippen LogP contribution in [-0.4, -0.2) is 43.5 Å². The fourth-order valence-electron chi connectivity index (χ4n) is 3.59. The molecule has 36 heavy (non-hydrogen) atoms. The molecule has 0 spiro atoms. The Morgan fingerprint density at radius 2 is 1.92 bits per heavy atom. The monoisotopic (exact) mass is 526 g/mol. The number of nitrogens with zero attached hydrogens (tertiary/aromatic N) is 3. The van der Waals surface area contributed by atoms with Crippen LogP contribution in [0.1, 0.15) is 22.6 Å². The molecule has 0 saturated carbocycles. The van der Waals surface area contributed by atoms with Crippen LogP contribution in [0.25, 0.3) is 5.69 Å². The molecule has 0 radical (unpaired) electrons. The number of benzene rings is 2. The highest BCUT2D eigenvalue weighted by molar-refractivity contribution is 7.99. The van der Waals surface area contributed by atoms with Crippen molar-refractivity contribution in [3.8, 4) is 11.4 Å². The minimum Gasteiger partial charge on any atom is -0.495 e. The van der Waals surface area contributed by atoms with Gasteiger partial charge in [0.2, 0.25) is 5.91 Å². The molecule has 10 nitrogen and oxygen atoms in total. The SMILES string of the molecule is COc1ccc(Cl)cc1NC(=O)CSc1nnc(Cc2cc(=O)[nH]c(=O)[nH]2)n1-c1cc(C)ccc1C. The molecule has 0 aliphatic carbocycles. The van der Waals surface area contributed by atoms with Crippen LogP contribution in [0, 0.1) is 13.8 Å². The van der Waals surface area contributed by atoms with Crippen molar-refractivity contribution in [3.63, 3.8) is 0 Å². The fourth-order valence-corrected chi connectivity index (χ4v) is 4.53. The zero-order valence-corrected chi connectivity index (χ0v) is 21.3. The molecule has 0 fully saturated rings. The highest BCUT2D eigenvalue weighted by atomic mass is 35.5. The average Bonchev–Trinajstić information content (AvgIpc) is 3.20. The van der Waals surface area contributed by atoms with Gasteiger partial charge in [-0.05, 0) is 49.2 Å². The van der Waals surface area contributed by atoms with Crippen LogP contribution in [0.4, 0.5) is 5.69 Å². The van der Waals surface area contributed by atoms with E-state index in [0.717, 1.165) is 16.8 Å². The summed E-state index contributed by atoms with van der Waals surface area (Å²) in [6.45, 7) is 3.93. The second kappa shape index (κ2) is 10.8. The highest BCUT2D eigenvalue weighted by Gasteiger charge is 2.19. The van der Waals surface area contributed by atoms with E-state index < -0.39 is 11.2 Å². The molecule has 4 rings (SSSR count). The Hall–Kier alpha value is -3.83. The third-order valence-corrected chi connectivity index (χ3v) is 6.40. The van der Waals surface area contributed by atoms with Crippen LogP contribution in [0.3, 0.4) is 0 Å². The van der Waals surface area contributed by atoms with Gasteiger partial charge in [0.25, 0.3) is 5.56 Å². The van der Waals surface area contributed by atoms with E-state index in [1.54, 1.807) is 18.2 Å². The van der Waals surface area contributed by atoms with Crippen LogP contribution >= 0.6 is 23.4 Å². The molecule has 2 heterocycles. The molecule has 0 aliphatic heterocycles. The summed E-state index contributed by atoms with van der Waals surface area (Å²) >= 11 is 7.26. The molecular weight excluding hydrogens is 504 g/mol. The highest BCUT2D eigenvalue weighted by Crippen LogP contribution is 2.29. The second-order valence-electron chi connectivity index (χ2n) is 8.00. The number of rotatable bonds is 8. The summed E-state index contributed by atoms with van der Waals surface area (Å²) < 4.78 is 7.12. The maximum atomic E-state index is 12.7. The van der Waals surface area contributed by atoms with Gasteiger partial charge in [-0.1, -0.05) is 35.5 Å². The van der Waals surface area contributed by atoms with Crippen LogP contribution < -0.4 is 21.3 Å². The van der Waals surface area contributed by atoms with Gasteiger partial charge in [0, 0.05) is 23.2 Å². The van der Waals surface area contributed by atoms with E-state index in [1.165, 1.54) is 24.9 Å². The van der Waals surface area contributed by atoms with Crippen molar-refractivity contribution in [1.82, 2.24) is 24.7 Å². The minimum absolute atomic E-state index is 0.0422. The zero-order valence-electron chi connectivity index (χ0n) is 19.7. The number of anilines is 1. The zero-order chi connectivity index (χ0) is 25.8. The van der Waals surface area contributed by atoms with E-state index in [0.29, 0.717) is 33.1 Å². The number of amides is 1. The number of hydrogen-bond donors (Lipinski definition) is 3. The van der Waals surface area contributed by atoms with E-state index in [9.17, 15) is 14.4 Å². The number of H-pyrrole nitrogens is 2. The van der Waals surface area contributed by atoms with Gasteiger partial charge in [-0.15, -0.1) is 10.2 Å². The van der Waals surface area contributed by atoms with Crippen LogP contribution in [0.5, 0.6) is 5.75 Å². The number of thioether (sulfide) groups is 1. The lowest BCUT2D eigenvalue weighted by molar-refractivity contribution is -0.113. The quantitative estimate of drug-likeness (QED) is 0.300. The molecule has 186 valence electrons. The van der Waals surface area contributed by atoms with Crippen molar-refractivity contribution in [3.05, 3.63) is 91.0 Å². The Morgan fingerprint density at radius 3 is 2.67 bits per heavy atom. The standard InChI is InChI=1S/C24H23ClN6O4S/c1-13-4-5-14(2)18(8-13)31-20(10-16-11-21(32)28-23(34)26-16)29-30-24(31)36-12-22(33)27-17-9-15(25)6-7-19(17)35-3/h4-9,11H,10,12H2,1-3H3,(H,27,33)(H2,26,28,32,34). The molecule has 1 amide bonds. The fraction of sp³-hybridized carbons (Fsp3) is 0.208. The van der Waals surface area contributed by atoms with Gasteiger partial charge in [0.15, 0.2) is 5.16 Å². The lowest BCUT2D eigenvalue weighted by Crippen LogP contribution is -2.23. The molecule has 2 aromatic heterocycles. The van der Waals surface area contributed by atoms with Gasteiger partial charge in [0.1, 0.15) is 11.6 Å². The normalized spacial score (nSPS) is 10.9. The molecule has 12 heteroatoms.